The lowest BCUT2D eigenvalue weighted by atomic mass is 10.4. The van der Waals surface area contributed by atoms with Gasteiger partial charge in [0, 0.05) is 11.9 Å². The summed E-state index contributed by atoms with van der Waals surface area (Å²) in [6.07, 6.45) is 5.39. The molecule has 12 heavy (non-hydrogen) atoms. The van der Waals surface area contributed by atoms with Gasteiger partial charge in [-0.15, -0.1) is 0 Å². The highest BCUT2D eigenvalue weighted by molar-refractivity contribution is 5.63. The fourth-order valence-corrected chi connectivity index (χ4v) is 0.814. The van der Waals surface area contributed by atoms with Crippen molar-refractivity contribution in [1.82, 2.24) is 20.5 Å². The maximum atomic E-state index is 4.31. The number of aromatic nitrogens is 4. The largest absolute Gasteiger partial charge is 0.362 e. The van der Waals surface area contributed by atoms with Gasteiger partial charge in [-0.2, -0.15) is 0 Å². The molecule has 2 heterocycles. The zero-order valence-electron chi connectivity index (χ0n) is 6.14. The summed E-state index contributed by atoms with van der Waals surface area (Å²) < 4.78 is 4.31. The van der Waals surface area contributed by atoms with Gasteiger partial charge in [-0.25, -0.2) is 4.63 Å². The summed E-state index contributed by atoms with van der Waals surface area (Å²) in [5, 5.41) is 10.3. The molecule has 0 atom stereocenters. The molecule has 0 aliphatic carbocycles. The second-order valence-corrected chi connectivity index (χ2v) is 2.17. The van der Waals surface area contributed by atoms with E-state index < -0.39 is 0 Å². The predicted molar refractivity (Wildman–Crippen MR) is 41.8 cm³/mol. The third-order valence-corrected chi connectivity index (χ3v) is 1.35. The highest BCUT2D eigenvalue weighted by Crippen LogP contribution is 2.00. The van der Waals surface area contributed by atoms with Crippen LogP contribution in [0.5, 0.6) is 0 Å². The highest BCUT2D eigenvalue weighted by atomic mass is 16.6. The summed E-state index contributed by atoms with van der Waals surface area (Å²) in [5.74, 6) is 0.463. The first-order valence-electron chi connectivity index (χ1n) is 3.42. The molecule has 0 spiro atoms. The standard InChI is InChI=1S/C7H6N4O/c1-2-6(8-5-1)3-4-7-9-11-12-10-7/h1-5,8H. The quantitative estimate of drug-likeness (QED) is 0.714. The number of H-pyrrole nitrogens is 1. The van der Waals surface area contributed by atoms with E-state index in [4.69, 9.17) is 0 Å². The van der Waals surface area contributed by atoms with Crippen LogP contribution in [0.15, 0.2) is 23.0 Å². The third kappa shape index (κ3) is 1.39. The van der Waals surface area contributed by atoms with Crippen LogP contribution in [0.3, 0.4) is 0 Å². The number of nitrogens with one attached hydrogen (secondary N) is 1. The van der Waals surface area contributed by atoms with Crippen molar-refractivity contribution in [2.24, 2.45) is 0 Å². The SMILES string of the molecule is C(=Cc1ccc[nH]1)c1nnon1. The van der Waals surface area contributed by atoms with Crippen LogP contribution in [0.2, 0.25) is 0 Å². The first kappa shape index (κ1) is 6.78. The Balaban J connectivity index is 2.14. The molecule has 0 saturated carbocycles. The third-order valence-electron chi connectivity index (χ3n) is 1.35. The summed E-state index contributed by atoms with van der Waals surface area (Å²) in [6.45, 7) is 0. The molecule has 0 aliphatic rings. The number of hydrogen-bond donors (Lipinski definition) is 1. The molecule has 2 rings (SSSR count). The van der Waals surface area contributed by atoms with E-state index in [-0.39, 0.29) is 0 Å². The average Bonchev–Trinajstić information content (AvgIpc) is 2.74. The Hall–Kier alpha value is -1.91. The minimum atomic E-state index is 0.463. The molecule has 0 unspecified atom stereocenters. The van der Waals surface area contributed by atoms with Crippen molar-refractivity contribution in [3.8, 4) is 0 Å². The first-order chi connectivity index (χ1) is 5.95. The summed E-state index contributed by atoms with van der Waals surface area (Å²) >= 11 is 0. The van der Waals surface area contributed by atoms with E-state index in [1.807, 2.05) is 24.4 Å². The molecule has 0 radical (unpaired) electrons. The van der Waals surface area contributed by atoms with Crippen LogP contribution in [0.25, 0.3) is 12.2 Å². The smallest absolute Gasteiger partial charge is 0.219 e. The summed E-state index contributed by atoms with van der Waals surface area (Å²) in [5.41, 5.74) is 0.986. The number of rotatable bonds is 2. The van der Waals surface area contributed by atoms with Gasteiger partial charge in [-0.3, -0.25) is 0 Å². The second kappa shape index (κ2) is 3.00. The molecule has 0 saturated heterocycles. The fourth-order valence-electron chi connectivity index (χ4n) is 0.814. The molecule has 0 fully saturated rings. The first-order valence-corrected chi connectivity index (χ1v) is 3.42. The lowest BCUT2D eigenvalue weighted by Crippen LogP contribution is -1.74. The van der Waals surface area contributed by atoms with Crippen molar-refractivity contribution >= 4 is 12.2 Å². The molecular weight excluding hydrogens is 156 g/mol. The maximum absolute atomic E-state index is 4.31. The summed E-state index contributed by atoms with van der Waals surface area (Å²) in [7, 11) is 0. The molecule has 1 N–H and O–H groups in total. The van der Waals surface area contributed by atoms with Gasteiger partial charge in [-0.05, 0) is 29.4 Å². The molecule has 0 aromatic carbocycles. The van der Waals surface area contributed by atoms with Crippen LogP contribution >= 0.6 is 0 Å². The van der Waals surface area contributed by atoms with E-state index in [1.54, 1.807) is 6.08 Å². The van der Waals surface area contributed by atoms with Crippen molar-refractivity contribution in [2.45, 2.75) is 0 Å². The van der Waals surface area contributed by atoms with Gasteiger partial charge in [0.2, 0.25) is 5.82 Å². The molecule has 60 valence electrons. The molecule has 0 bridgehead atoms. The fraction of sp³-hybridized carbons (Fsp3) is 0. The predicted octanol–water partition coefficient (Wildman–Crippen LogP) is 0.963. The monoisotopic (exact) mass is 162 g/mol. The van der Waals surface area contributed by atoms with E-state index in [1.165, 1.54) is 0 Å². The normalized spacial score (nSPS) is 11.0. The average molecular weight is 162 g/mol. The van der Waals surface area contributed by atoms with Gasteiger partial charge >= 0.3 is 0 Å². The lowest BCUT2D eigenvalue weighted by Gasteiger charge is -1.80. The van der Waals surface area contributed by atoms with E-state index >= 15 is 0 Å². The molecule has 0 aliphatic heterocycles. The van der Waals surface area contributed by atoms with Crippen molar-refractivity contribution in [3.63, 3.8) is 0 Å². The minimum absolute atomic E-state index is 0.463. The number of aromatic amines is 1. The summed E-state index contributed by atoms with van der Waals surface area (Å²) in [6, 6.07) is 3.85. The van der Waals surface area contributed by atoms with E-state index in [9.17, 15) is 0 Å². The van der Waals surface area contributed by atoms with Crippen molar-refractivity contribution < 1.29 is 4.63 Å². The molecule has 0 amide bonds. The van der Waals surface area contributed by atoms with Crippen molar-refractivity contribution in [2.75, 3.05) is 0 Å². The molecule has 5 heteroatoms. The second-order valence-electron chi connectivity index (χ2n) is 2.17. The Morgan fingerprint density at radius 2 is 2.42 bits per heavy atom. The van der Waals surface area contributed by atoms with E-state index in [0.29, 0.717) is 5.82 Å². The van der Waals surface area contributed by atoms with Gasteiger partial charge in [0.15, 0.2) is 0 Å². The number of hydrogen-bond acceptors (Lipinski definition) is 4. The number of nitrogens with zero attached hydrogens (tertiary/aromatic N) is 3. The zero-order valence-corrected chi connectivity index (χ0v) is 6.14. The maximum Gasteiger partial charge on any atom is 0.219 e. The van der Waals surface area contributed by atoms with Gasteiger partial charge in [0.25, 0.3) is 0 Å². The van der Waals surface area contributed by atoms with E-state index in [0.717, 1.165) is 5.69 Å². The van der Waals surface area contributed by atoms with Crippen molar-refractivity contribution in [3.05, 3.63) is 29.8 Å². The van der Waals surface area contributed by atoms with E-state index in [2.05, 4.69) is 25.1 Å². The van der Waals surface area contributed by atoms with Crippen LogP contribution in [0.4, 0.5) is 0 Å². The zero-order chi connectivity index (χ0) is 8.23. The Morgan fingerprint density at radius 3 is 3.08 bits per heavy atom. The van der Waals surface area contributed by atoms with Gasteiger partial charge in [0.05, 0.1) is 5.27 Å². The minimum Gasteiger partial charge on any atom is -0.362 e. The van der Waals surface area contributed by atoms with Crippen molar-refractivity contribution in [1.29, 1.82) is 0 Å². The molecule has 2 aromatic rings. The van der Waals surface area contributed by atoms with Crippen LogP contribution in [-0.4, -0.2) is 20.5 Å². The topological polar surface area (TPSA) is 67.6 Å². The molecular formula is C7H6N4O. The Morgan fingerprint density at radius 1 is 1.42 bits per heavy atom. The van der Waals surface area contributed by atoms with Gasteiger partial charge in [-0.1, -0.05) is 5.10 Å². The Kier molecular flexibility index (Phi) is 1.69. The molecule has 2 aromatic heterocycles. The molecule has 5 nitrogen and oxygen atoms in total. The Bertz CT molecular complexity index is 312. The van der Waals surface area contributed by atoms with Crippen LogP contribution in [-0.2, 0) is 0 Å². The Labute approximate surface area is 68.1 Å². The van der Waals surface area contributed by atoms with Gasteiger partial charge in [0.1, 0.15) is 0 Å². The lowest BCUT2D eigenvalue weighted by molar-refractivity contribution is 0.292. The van der Waals surface area contributed by atoms with Crippen LogP contribution < -0.4 is 0 Å². The van der Waals surface area contributed by atoms with Gasteiger partial charge < -0.3 is 4.98 Å². The highest BCUT2D eigenvalue weighted by Gasteiger charge is 1.91. The summed E-state index contributed by atoms with van der Waals surface area (Å²) in [4.78, 5) is 3.01. The van der Waals surface area contributed by atoms with Crippen LogP contribution in [0.1, 0.15) is 11.5 Å². The van der Waals surface area contributed by atoms with Crippen LogP contribution in [0, 0.1) is 0 Å².